The average Bonchev–Trinajstić information content (AvgIpc) is 2.47. The fraction of sp³-hybridized carbons (Fsp3) is 0.294. The SMILES string of the molecule is COc1ccc([C@H](C)NC(C)c2ccc(Br)cc2F)cc1. The minimum Gasteiger partial charge on any atom is -0.497 e. The molecule has 21 heavy (non-hydrogen) atoms. The largest absolute Gasteiger partial charge is 0.497 e. The van der Waals surface area contributed by atoms with Gasteiger partial charge in [-0.15, -0.1) is 0 Å². The lowest BCUT2D eigenvalue weighted by atomic mass is 10.0. The normalized spacial score (nSPS) is 13.8. The Morgan fingerprint density at radius 1 is 1.05 bits per heavy atom. The number of rotatable bonds is 5. The van der Waals surface area contributed by atoms with Crippen molar-refractivity contribution in [3.05, 3.63) is 63.9 Å². The summed E-state index contributed by atoms with van der Waals surface area (Å²) in [6.07, 6.45) is 0. The Kier molecular flexibility index (Phi) is 5.37. The average molecular weight is 352 g/mol. The first-order valence-electron chi connectivity index (χ1n) is 6.86. The van der Waals surface area contributed by atoms with Crippen molar-refractivity contribution in [1.29, 1.82) is 0 Å². The highest BCUT2D eigenvalue weighted by Crippen LogP contribution is 2.24. The molecule has 0 fully saturated rings. The van der Waals surface area contributed by atoms with E-state index in [-0.39, 0.29) is 17.9 Å². The van der Waals surface area contributed by atoms with E-state index in [1.807, 2.05) is 37.3 Å². The van der Waals surface area contributed by atoms with E-state index < -0.39 is 0 Å². The maximum atomic E-state index is 14.0. The summed E-state index contributed by atoms with van der Waals surface area (Å²) in [6, 6.07) is 13.1. The van der Waals surface area contributed by atoms with Gasteiger partial charge in [0.2, 0.25) is 0 Å². The minimum absolute atomic E-state index is 0.0739. The molecule has 2 atom stereocenters. The van der Waals surface area contributed by atoms with Crippen LogP contribution in [0.15, 0.2) is 46.9 Å². The Bertz CT molecular complexity index is 600. The van der Waals surface area contributed by atoms with Crippen LogP contribution < -0.4 is 10.1 Å². The van der Waals surface area contributed by atoms with Crippen molar-refractivity contribution >= 4 is 15.9 Å². The van der Waals surface area contributed by atoms with Crippen molar-refractivity contribution in [2.45, 2.75) is 25.9 Å². The van der Waals surface area contributed by atoms with Gasteiger partial charge >= 0.3 is 0 Å². The van der Waals surface area contributed by atoms with Crippen LogP contribution in [-0.2, 0) is 0 Å². The predicted molar refractivity (Wildman–Crippen MR) is 87.1 cm³/mol. The quantitative estimate of drug-likeness (QED) is 0.817. The highest BCUT2D eigenvalue weighted by Gasteiger charge is 2.14. The second-order valence-electron chi connectivity index (χ2n) is 5.05. The molecule has 0 saturated carbocycles. The topological polar surface area (TPSA) is 21.3 Å². The number of nitrogens with one attached hydrogen (secondary N) is 1. The maximum Gasteiger partial charge on any atom is 0.129 e. The van der Waals surface area contributed by atoms with E-state index in [4.69, 9.17) is 4.74 Å². The smallest absolute Gasteiger partial charge is 0.129 e. The Morgan fingerprint density at radius 2 is 1.71 bits per heavy atom. The molecule has 112 valence electrons. The molecule has 0 bridgehead atoms. The van der Waals surface area contributed by atoms with E-state index in [1.165, 1.54) is 6.07 Å². The van der Waals surface area contributed by atoms with E-state index in [1.54, 1.807) is 13.2 Å². The molecule has 2 aromatic carbocycles. The van der Waals surface area contributed by atoms with Crippen molar-refractivity contribution in [2.24, 2.45) is 0 Å². The number of hydrogen-bond acceptors (Lipinski definition) is 2. The number of methoxy groups -OCH3 is 1. The Labute approximate surface area is 133 Å². The molecule has 0 aliphatic carbocycles. The minimum atomic E-state index is -0.202. The predicted octanol–water partition coefficient (Wildman–Crippen LogP) is 5.01. The number of hydrogen-bond donors (Lipinski definition) is 1. The van der Waals surface area contributed by atoms with Crippen LogP contribution in [0.5, 0.6) is 5.75 Å². The zero-order chi connectivity index (χ0) is 15.4. The lowest BCUT2D eigenvalue weighted by molar-refractivity contribution is 0.414. The van der Waals surface area contributed by atoms with E-state index in [9.17, 15) is 4.39 Å². The van der Waals surface area contributed by atoms with E-state index in [0.717, 1.165) is 15.8 Å². The van der Waals surface area contributed by atoms with Gasteiger partial charge in [0.1, 0.15) is 11.6 Å². The summed E-state index contributed by atoms with van der Waals surface area (Å²) in [4.78, 5) is 0. The van der Waals surface area contributed by atoms with E-state index >= 15 is 0 Å². The number of ether oxygens (including phenoxy) is 1. The molecule has 0 heterocycles. The van der Waals surface area contributed by atoms with Crippen molar-refractivity contribution in [3.8, 4) is 5.75 Å². The molecule has 2 rings (SSSR count). The molecular formula is C17H19BrFNO. The molecule has 0 aliphatic heterocycles. The summed E-state index contributed by atoms with van der Waals surface area (Å²) in [6.45, 7) is 4.03. The van der Waals surface area contributed by atoms with Crippen LogP contribution in [0, 0.1) is 5.82 Å². The van der Waals surface area contributed by atoms with Gasteiger partial charge in [0.25, 0.3) is 0 Å². The summed E-state index contributed by atoms with van der Waals surface area (Å²) >= 11 is 3.27. The second kappa shape index (κ2) is 7.05. The molecule has 0 amide bonds. The molecule has 2 aromatic rings. The van der Waals surface area contributed by atoms with Crippen molar-refractivity contribution < 1.29 is 9.13 Å². The summed E-state index contributed by atoms with van der Waals surface area (Å²) in [5.74, 6) is 0.629. The lowest BCUT2D eigenvalue weighted by Crippen LogP contribution is -2.23. The highest BCUT2D eigenvalue weighted by atomic mass is 79.9. The summed E-state index contributed by atoms with van der Waals surface area (Å²) in [7, 11) is 1.65. The Hall–Kier alpha value is -1.39. The van der Waals surface area contributed by atoms with Crippen LogP contribution in [0.3, 0.4) is 0 Å². The first-order valence-corrected chi connectivity index (χ1v) is 7.65. The van der Waals surface area contributed by atoms with Crippen LogP contribution in [-0.4, -0.2) is 7.11 Å². The van der Waals surface area contributed by atoms with Crippen LogP contribution in [0.25, 0.3) is 0 Å². The van der Waals surface area contributed by atoms with Crippen LogP contribution >= 0.6 is 15.9 Å². The molecule has 0 aliphatic rings. The summed E-state index contributed by atoms with van der Waals surface area (Å²) < 4.78 is 19.9. The standard InChI is InChI=1S/C17H19BrFNO/c1-11(13-4-7-15(21-3)8-5-13)20-12(2)16-9-6-14(18)10-17(16)19/h4-12,20H,1-3H3/t11-,12?/m0/s1. The molecular weight excluding hydrogens is 333 g/mol. The fourth-order valence-corrected chi connectivity index (χ4v) is 2.64. The Balaban J connectivity index is 2.08. The molecule has 1 N–H and O–H groups in total. The van der Waals surface area contributed by atoms with Gasteiger partial charge in [-0.2, -0.15) is 0 Å². The third-order valence-electron chi connectivity index (χ3n) is 3.54. The van der Waals surface area contributed by atoms with Crippen molar-refractivity contribution in [3.63, 3.8) is 0 Å². The molecule has 0 saturated heterocycles. The molecule has 2 nitrogen and oxygen atoms in total. The van der Waals surface area contributed by atoms with Crippen LogP contribution in [0.1, 0.15) is 37.1 Å². The summed E-state index contributed by atoms with van der Waals surface area (Å²) in [5, 5.41) is 3.41. The first-order chi connectivity index (χ1) is 10.0. The van der Waals surface area contributed by atoms with Gasteiger partial charge in [0.05, 0.1) is 7.11 Å². The summed E-state index contributed by atoms with van der Waals surface area (Å²) in [5.41, 5.74) is 1.80. The molecule has 1 unspecified atom stereocenters. The van der Waals surface area contributed by atoms with Gasteiger partial charge in [-0.1, -0.05) is 34.1 Å². The zero-order valence-corrected chi connectivity index (χ0v) is 13.9. The molecule has 0 radical (unpaired) electrons. The zero-order valence-electron chi connectivity index (χ0n) is 12.4. The van der Waals surface area contributed by atoms with Crippen molar-refractivity contribution in [2.75, 3.05) is 7.11 Å². The van der Waals surface area contributed by atoms with Gasteiger partial charge in [-0.05, 0) is 43.7 Å². The van der Waals surface area contributed by atoms with E-state index in [0.29, 0.717) is 5.56 Å². The second-order valence-corrected chi connectivity index (χ2v) is 5.96. The van der Waals surface area contributed by atoms with Gasteiger partial charge in [-0.25, -0.2) is 4.39 Å². The van der Waals surface area contributed by atoms with Crippen molar-refractivity contribution in [1.82, 2.24) is 5.32 Å². The number of benzene rings is 2. The van der Waals surface area contributed by atoms with Gasteiger partial charge < -0.3 is 10.1 Å². The van der Waals surface area contributed by atoms with Gasteiger partial charge in [-0.3, -0.25) is 0 Å². The molecule has 4 heteroatoms. The van der Waals surface area contributed by atoms with Crippen LogP contribution in [0.2, 0.25) is 0 Å². The van der Waals surface area contributed by atoms with Crippen LogP contribution in [0.4, 0.5) is 4.39 Å². The fourth-order valence-electron chi connectivity index (χ4n) is 2.31. The Morgan fingerprint density at radius 3 is 2.29 bits per heavy atom. The monoisotopic (exact) mass is 351 g/mol. The highest BCUT2D eigenvalue weighted by molar-refractivity contribution is 9.10. The number of halogens is 2. The molecule has 0 spiro atoms. The maximum absolute atomic E-state index is 14.0. The third kappa shape index (κ3) is 4.05. The van der Waals surface area contributed by atoms with Gasteiger partial charge in [0, 0.05) is 22.1 Å². The third-order valence-corrected chi connectivity index (χ3v) is 4.04. The first kappa shape index (κ1) is 16.0. The molecule has 0 aromatic heterocycles. The van der Waals surface area contributed by atoms with E-state index in [2.05, 4.69) is 28.2 Å². The lowest BCUT2D eigenvalue weighted by Gasteiger charge is -2.21. The van der Waals surface area contributed by atoms with Gasteiger partial charge in [0.15, 0.2) is 0 Å².